The van der Waals surface area contributed by atoms with Crippen molar-refractivity contribution in [3.63, 3.8) is 0 Å². The molecule has 0 N–H and O–H groups in total. The zero-order valence-corrected chi connectivity index (χ0v) is 14.5. The van der Waals surface area contributed by atoms with Crippen LogP contribution in [0, 0.1) is 6.92 Å². The first kappa shape index (κ1) is 16.5. The van der Waals surface area contributed by atoms with Crippen LogP contribution in [0.15, 0.2) is 24.3 Å². The topological polar surface area (TPSA) is 23.6 Å². The van der Waals surface area contributed by atoms with Gasteiger partial charge >= 0.3 is 0 Å². The molecule has 2 heterocycles. The lowest BCUT2D eigenvalue weighted by Gasteiger charge is -2.38. The number of benzene rings is 1. The minimum Gasteiger partial charge on any atom is -0.336 e. The molecule has 0 bridgehead atoms. The number of nitrogens with zero attached hydrogens (tertiary/aromatic N) is 2. The van der Waals surface area contributed by atoms with Gasteiger partial charge in [-0.05, 0) is 70.2 Å². The fourth-order valence-corrected chi connectivity index (χ4v) is 4.05. The fourth-order valence-electron chi connectivity index (χ4n) is 4.05. The number of amides is 1. The molecule has 0 aliphatic carbocycles. The summed E-state index contributed by atoms with van der Waals surface area (Å²) in [5.41, 5.74) is 1.98. The van der Waals surface area contributed by atoms with Gasteiger partial charge in [-0.15, -0.1) is 0 Å². The predicted molar refractivity (Wildman–Crippen MR) is 94.8 cm³/mol. The second-order valence-corrected chi connectivity index (χ2v) is 7.15. The summed E-state index contributed by atoms with van der Waals surface area (Å²) < 4.78 is 0. The normalized spacial score (nSPS) is 23.0. The number of hydrogen-bond acceptors (Lipinski definition) is 2. The van der Waals surface area contributed by atoms with E-state index in [0.29, 0.717) is 6.04 Å². The average molecular weight is 314 g/mol. The molecule has 3 rings (SSSR count). The van der Waals surface area contributed by atoms with Crippen molar-refractivity contribution in [3.8, 4) is 0 Å². The molecule has 126 valence electrons. The third-order valence-corrected chi connectivity index (χ3v) is 5.49. The Morgan fingerprint density at radius 3 is 2.57 bits per heavy atom. The average Bonchev–Trinajstić information content (AvgIpc) is 2.61. The molecule has 23 heavy (non-hydrogen) atoms. The smallest absolute Gasteiger partial charge is 0.254 e. The van der Waals surface area contributed by atoms with Gasteiger partial charge in [0.25, 0.3) is 5.91 Å². The Labute approximate surface area is 140 Å². The van der Waals surface area contributed by atoms with Crippen LogP contribution in [-0.2, 0) is 0 Å². The van der Waals surface area contributed by atoms with Gasteiger partial charge in [0.2, 0.25) is 0 Å². The second-order valence-electron chi connectivity index (χ2n) is 7.15. The van der Waals surface area contributed by atoms with Gasteiger partial charge in [-0.2, -0.15) is 0 Å². The van der Waals surface area contributed by atoms with Crippen LogP contribution < -0.4 is 0 Å². The minimum atomic E-state index is 0.242. The van der Waals surface area contributed by atoms with Crippen LogP contribution in [0.3, 0.4) is 0 Å². The third kappa shape index (κ3) is 4.14. The quantitative estimate of drug-likeness (QED) is 0.842. The van der Waals surface area contributed by atoms with E-state index in [9.17, 15) is 4.79 Å². The van der Waals surface area contributed by atoms with E-state index < -0.39 is 0 Å². The fraction of sp³-hybridized carbons (Fsp3) is 0.650. The lowest BCUT2D eigenvalue weighted by atomic mass is 9.96. The highest BCUT2D eigenvalue weighted by Crippen LogP contribution is 2.24. The lowest BCUT2D eigenvalue weighted by Crippen LogP contribution is -2.45. The highest BCUT2D eigenvalue weighted by Gasteiger charge is 2.28. The molecule has 1 aromatic rings. The van der Waals surface area contributed by atoms with Crippen molar-refractivity contribution in [1.82, 2.24) is 9.80 Å². The molecule has 2 fully saturated rings. The van der Waals surface area contributed by atoms with Crippen molar-refractivity contribution in [2.24, 2.45) is 0 Å². The van der Waals surface area contributed by atoms with Gasteiger partial charge in [-0.25, -0.2) is 0 Å². The van der Waals surface area contributed by atoms with Gasteiger partial charge in [0, 0.05) is 24.7 Å². The monoisotopic (exact) mass is 314 g/mol. The van der Waals surface area contributed by atoms with Gasteiger partial charge in [0.15, 0.2) is 0 Å². The van der Waals surface area contributed by atoms with Crippen molar-refractivity contribution >= 4 is 5.91 Å². The number of carbonyl (C=O) groups excluding carboxylic acids is 1. The number of piperidine rings is 2. The molecule has 2 aliphatic rings. The SMILES string of the molecule is Cc1ccccc1C(=O)N1CCCC[C@H]1CCN1CCCCC1. The van der Waals surface area contributed by atoms with E-state index in [0.717, 1.165) is 37.1 Å². The summed E-state index contributed by atoms with van der Waals surface area (Å²) in [6.45, 7) is 6.62. The van der Waals surface area contributed by atoms with Crippen LogP contribution in [0.4, 0.5) is 0 Å². The van der Waals surface area contributed by atoms with Crippen LogP contribution >= 0.6 is 0 Å². The van der Waals surface area contributed by atoms with Crippen LogP contribution in [0.1, 0.15) is 60.9 Å². The van der Waals surface area contributed by atoms with E-state index in [1.807, 2.05) is 31.2 Å². The molecule has 2 aliphatic heterocycles. The van der Waals surface area contributed by atoms with E-state index in [2.05, 4.69) is 9.80 Å². The van der Waals surface area contributed by atoms with Crippen molar-refractivity contribution < 1.29 is 4.79 Å². The Kier molecular flexibility index (Phi) is 5.71. The number of rotatable bonds is 4. The van der Waals surface area contributed by atoms with E-state index >= 15 is 0 Å². The number of carbonyl (C=O) groups is 1. The van der Waals surface area contributed by atoms with E-state index in [-0.39, 0.29) is 5.91 Å². The summed E-state index contributed by atoms with van der Waals surface area (Å²) in [5, 5.41) is 0. The maximum atomic E-state index is 13.0. The molecule has 3 nitrogen and oxygen atoms in total. The number of hydrogen-bond donors (Lipinski definition) is 0. The van der Waals surface area contributed by atoms with Gasteiger partial charge in [0.05, 0.1) is 0 Å². The summed E-state index contributed by atoms with van der Waals surface area (Å²) in [5.74, 6) is 0.242. The molecular weight excluding hydrogens is 284 g/mol. The zero-order valence-electron chi connectivity index (χ0n) is 14.5. The summed E-state index contributed by atoms with van der Waals surface area (Å²) in [4.78, 5) is 17.7. The largest absolute Gasteiger partial charge is 0.336 e. The van der Waals surface area contributed by atoms with Crippen LogP contribution in [0.5, 0.6) is 0 Å². The van der Waals surface area contributed by atoms with Crippen LogP contribution in [-0.4, -0.2) is 47.9 Å². The molecule has 2 saturated heterocycles. The van der Waals surface area contributed by atoms with Crippen LogP contribution in [0.25, 0.3) is 0 Å². The lowest BCUT2D eigenvalue weighted by molar-refractivity contribution is 0.0578. The maximum Gasteiger partial charge on any atom is 0.254 e. The van der Waals surface area contributed by atoms with Crippen molar-refractivity contribution in [1.29, 1.82) is 0 Å². The summed E-state index contributed by atoms with van der Waals surface area (Å²) in [6.07, 6.45) is 8.80. The van der Waals surface area contributed by atoms with Gasteiger partial charge < -0.3 is 9.80 Å². The molecule has 1 aromatic carbocycles. The van der Waals surface area contributed by atoms with Gasteiger partial charge in [-0.1, -0.05) is 24.6 Å². The zero-order chi connectivity index (χ0) is 16.1. The van der Waals surface area contributed by atoms with Crippen molar-refractivity contribution in [2.75, 3.05) is 26.2 Å². The Morgan fingerprint density at radius 2 is 1.78 bits per heavy atom. The van der Waals surface area contributed by atoms with Crippen molar-refractivity contribution in [3.05, 3.63) is 35.4 Å². The Bertz CT molecular complexity index is 522. The van der Waals surface area contributed by atoms with E-state index in [1.54, 1.807) is 0 Å². The summed E-state index contributed by atoms with van der Waals surface area (Å²) >= 11 is 0. The maximum absolute atomic E-state index is 13.0. The molecule has 0 saturated carbocycles. The molecule has 1 atom stereocenters. The standard InChI is InChI=1S/C20H30N2O/c1-17-9-3-4-11-19(17)20(23)22-15-8-5-10-18(22)12-16-21-13-6-2-7-14-21/h3-4,9,11,18H,2,5-8,10,12-16H2,1H3/t18-/m0/s1. The molecule has 0 spiro atoms. The van der Waals surface area contributed by atoms with Gasteiger partial charge in [0.1, 0.15) is 0 Å². The first-order valence-electron chi connectivity index (χ1n) is 9.34. The van der Waals surface area contributed by atoms with Crippen LogP contribution in [0.2, 0.25) is 0 Å². The molecule has 3 heteroatoms. The van der Waals surface area contributed by atoms with E-state index in [1.165, 1.54) is 45.2 Å². The Balaban J connectivity index is 1.63. The minimum absolute atomic E-state index is 0.242. The third-order valence-electron chi connectivity index (χ3n) is 5.49. The summed E-state index contributed by atoms with van der Waals surface area (Å²) in [6, 6.07) is 8.44. The number of likely N-dealkylation sites (tertiary alicyclic amines) is 2. The highest BCUT2D eigenvalue weighted by atomic mass is 16.2. The first-order valence-corrected chi connectivity index (χ1v) is 9.34. The Hall–Kier alpha value is -1.35. The van der Waals surface area contributed by atoms with Gasteiger partial charge in [-0.3, -0.25) is 4.79 Å². The number of aryl methyl sites for hydroxylation is 1. The molecule has 0 unspecified atom stereocenters. The highest BCUT2D eigenvalue weighted by molar-refractivity contribution is 5.95. The first-order chi connectivity index (χ1) is 11.3. The molecule has 1 amide bonds. The second kappa shape index (κ2) is 7.96. The predicted octanol–water partition coefficient (Wildman–Crippen LogP) is 3.87. The Morgan fingerprint density at radius 1 is 1.04 bits per heavy atom. The molecule has 0 radical (unpaired) electrons. The molecule has 0 aromatic heterocycles. The van der Waals surface area contributed by atoms with E-state index in [4.69, 9.17) is 0 Å². The molecular formula is C20H30N2O. The van der Waals surface area contributed by atoms with Crippen molar-refractivity contribution in [2.45, 2.75) is 57.9 Å². The summed E-state index contributed by atoms with van der Waals surface area (Å²) in [7, 11) is 0.